The van der Waals surface area contributed by atoms with Crippen molar-refractivity contribution in [2.24, 2.45) is 5.92 Å². The molecule has 3 aromatic rings. The summed E-state index contributed by atoms with van der Waals surface area (Å²) in [5.74, 6) is 1.70. The summed E-state index contributed by atoms with van der Waals surface area (Å²) in [5.41, 5.74) is 0.867. The highest BCUT2D eigenvalue weighted by Crippen LogP contribution is 2.31. The Balaban J connectivity index is 0.00000196. The standard InChI is InChI=1S/C19H19N3O2S.ClH/c23-18(13-8-10-20-11-9-13)22-19-21-16-7-6-15(12-17(16)25-19)24-14-4-2-1-3-5-14;/h1-7,12-13,20H,8-11H2,(H,21,22,23);1H. The van der Waals surface area contributed by atoms with E-state index < -0.39 is 0 Å². The quantitative estimate of drug-likeness (QED) is 0.692. The monoisotopic (exact) mass is 389 g/mol. The van der Waals surface area contributed by atoms with Gasteiger partial charge in [-0.15, -0.1) is 12.4 Å². The van der Waals surface area contributed by atoms with Gasteiger partial charge in [-0.2, -0.15) is 0 Å². The van der Waals surface area contributed by atoms with Crippen LogP contribution in [0.4, 0.5) is 5.13 Å². The van der Waals surface area contributed by atoms with Gasteiger partial charge in [0, 0.05) is 12.0 Å². The smallest absolute Gasteiger partial charge is 0.229 e. The Hall–Kier alpha value is -2.15. The molecule has 0 radical (unpaired) electrons. The molecule has 1 saturated heterocycles. The van der Waals surface area contributed by atoms with E-state index in [9.17, 15) is 4.79 Å². The summed E-state index contributed by atoms with van der Waals surface area (Å²) in [7, 11) is 0. The lowest BCUT2D eigenvalue weighted by Gasteiger charge is -2.20. The van der Waals surface area contributed by atoms with Gasteiger partial charge >= 0.3 is 0 Å². The number of anilines is 1. The zero-order valence-electron chi connectivity index (χ0n) is 14.1. The van der Waals surface area contributed by atoms with Crippen LogP contribution in [0.15, 0.2) is 48.5 Å². The lowest BCUT2D eigenvalue weighted by molar-refractivity contribution is -0.120. The minimum atomic E-state index is 0. The zero-order chi connectivity index (χ0) is 17.1. The number of carbonyl (C=O) groups is 1. The summed E-state index contributed by atoms with van der Waals surface area (Å²) in [4.78, 5) is 16.9. The van der Waals surface area contributed by atoms with Crippen molar-refractivity contribution in [3.8, 4) is 11.5 Å². The molecule has 0 unspecified atom stereocenters. The molecule has 2 heterocycles. The fraction of sp³-hybridized carbons (Fsp3) is 0.263. The number of piperidine rings is 1. The molecule has 1 aromatic heterocycles. The third kappa shape index (κ3) is 4.33. The number of carbonyl (C=O) groups excluding carboxylic acids is 1. The first-order chi connectivity index (χ1) is 12.3. The van der Waals surface area contributed by atoms with Gasteiger partial charge in [-0.3, -0.25) is 4.79 Å². The minimum absolute atomic E-state index is 0. The van der Waals surface area contributed by atoms with Crippen LogP contribution in [-0.4, -0.2) is 24.0 Å². The Morgan fingerprint density at radius 2 is 1.88 bits per heavy atom. The van der Waals surface area contributed by atoms with Crippen molar-refractivity contribution in [1.82, 2.24) is 10.3 Å². The summed E-state index contributed by atoms with van der Waals surface area (Å²) in [5, 5.41) is 6.89. The van der Waals surface area contributed by atoms with Gasteiger partial charge in [0.15, 0.2) is 5.13 Å². The fourth-order valence-corrected chi connectivity index (χ4v) is 3.84. The van der Waals surface area contributed by atoms with Crippen molar-refractivity contribution in [1.29, 1.82) is 0 Å². The predicted molar refractivity (Wildman–Crippen MR) is 108 cm³/mol. The Morgan fingerprint density at radius 3 is 2.65 bits per heavy atom. The highest BCUT2D eigenvalue weighted by atomic mass is 35.5. The number of nitrogens with one attached hydrogen (secondary N) is 2. The molecule has 4 rings (SSSR count). The largest absolute Gasteiger partial charge is 0.457 e. The summed E-state index contributed by atoms with van der Waals surface area (Å²) in [6, 6.07) is 15.4. The number of ether oxygens (including phenoxy) is 1. The van der Waals surface area contributed by atoms with Gasteiger partial charge in [0.05, 0.1) is 10.2 Å². The van der Waals surface area contributed by atoms with E-state index in [2.05, 4.69) is 15.6 Å². The SMILES string of the molecule is Cl.O=C(Nc1nc2ccc(Oc3ccccc3)cc2s1)C1CCNCC1. The highest BCUT2D eigenvalue weighted by molar-refractivity contribution is 7.22. The number of fused-ring (bicyclic) bond motifs is 1. The zero-order valence-corrected chi connectivity index (χ0v) is 15.7. The van der Waals surface area contributed by atoms with E-state index >= 15 is 0 Å². The van der Waals surface area contributed by atoms with Crippen LogP contribution in [0.5, 0.6) is 11.5 Å². The average molecular weight is 390 g/mol. The Morgan fingerprint density at radius 1 is 1.12 bits per heavy atom. The first-order valence-electron chi connectivity index (χ1n) is 8.43. The van der Waals surface area contributed by atoms with Gasteiger partial charge in [-0.1, -0.05) is 29.5 Å². The Bertz CT molecular complexity index is 879. The second kappa shape index (κ2) is 8.49. The topological polar surface area (TPSA) is 63.2 Å². The number of nitrogens with zero attached hydrogens (tertiary/aromatic N) is 1. The molecule has 0 aliphatic carbocycles. The highest BCUT2D eigenvalue weighted by Gasteiger charge is 2.21. The number of hydrogen-bond donors (Lipinski definition) is 2. The van der Waals surface area contributed by atoms with Crippen LogP contribution in [-0.2, 0) is 4.79 Å². The van der Waals surface area contributed by atoms with Gasteiger partial charge in [0.25, 0.3) is 0 Å². The molecule has 1 fully saturated rings. The molecular formula is C19H20ClN3O2S. The van der Waals surface area contributed by atoms with Crippen LogP contribution in [0.2, 0.25) is 0 Å². The average Bonchev–Trinajstić information content (AvgIpc) is 3.05. The van der Waals surface area contributed by atoms with Gasteiger partial charge in [-0.25, -0.2) is 4.98 Å². The molecule has 5 nitrogen and oxygen atoms in total. The molecule has 1 aliphatic heterocycles. The number of rotatable bonds is 4. The van der Waals surface area contributed by atoms with Crippen molar-refractivity contribution >= 4 is 45.0 Å². The molecule has 0 atom stereocenters. The van der Waals surface area contributed by atoms with E-state index in [4.69, 9.17) is 4.74 Å². The van der Waals surface area contributed by atoms with Crippen molar-refractivity contribution in [2.75, 3.05) is 18.4 Å². The lowest BCUT2D eigenvalue weighted by Crippen LogP contribution is -2.34. The van der Waals surface area contributed by atoms with Crippen molar-refractivity contribution in [2.45, 2.75) is 12.8 Å². The summed E-state index contributed by atoms with van der Waals surface area (Å²) in [6.45, 7) is 1.80. The van der Waals surface area contributed by atoms with Crippen molar-refractivity contribution < 1.29 is 9.53 Å². The normalized spacial score (nSPS) is 14.6. The predicted octanol–water partition coefficient (Wildman–Crippen LogP) is 4.45. The van der Waals surface area contributed by atoms with Gasteiger partial charge in [-0.05, 0) is 50.2 Å². The van der Waals surface area contributed by atoms with E-state index in [0.29, 0.717) is 5.13 Å². The van der Waals surface area contributed by atoms with E-state index in [1.165, 1.54) is 11.3 Å². The maximum absolute atomic E-state index is 12.4. The third-order valence-electron chi connectivity index (χ3n) is 4.28. The number of aromatic nitrogens is 1. The number of para-hydroxylation sites is 1. The van der Waals surface area contributed by atoms with Crippen LogP contribution in [0.25, 0.3) is 10.2 Å². The van der Waals surface area contributed by atoms with Gasteiger partial charge in [0.2, 0.25) is 5.91 Å². The van der Waals surface area contributed by atoms with Crippen LogP contribution >= 0.6 is 23.7 Å². The first kappa shape index (κ1) is 18.6. The number of benzene rings is 2. The van der Waals surface area contributed by atoms with Crippen molar-refractivity contribution in [3.63, 3.8) is 0 Å². The van der Waals surface area contributed by atoms with Crippen LogP contribution in [0.3, 0.4) is 0 Å². The van der Waals surface area contributed by atoms with Crippen LogP contribution in [0.1, 0.15) is 12.8 Å². The molecule has 1 amide bonds. The van der Waals surface area contributed by atoms with E-state index in [1.807, 2.05) is 48.5 Å². The molecule has 26 heavy (non-hydrogen) atoms. The minimum Gasteiger partial charge on any atom is -0.457 e. The maximum atomic E-state index is 12.4. The Kier molecular flexibility index (Phi) is 6.08. The molecule has 7 heteroatoms. The number of amides is 1. The summed E-state index contributed by atoms with van der Waals surface area (Å²) in [6.07, 6.45) is 1.76. The molecular weight excluding hydrogens is 370 g/mol. The first-order valence-corrected chi connectivity index (χ1v) is 9.25. The number of thiazole rings is 1. The summed E-state index contributed by atoms with van der Waals surface area (Å²) < 4.78 is 6.85. The second-order valence-corrected chi connectivity index (χ2v) is 7.11. The molecule has 1 aliphatic rings. The van der Waals surface area contributed by atoms with Crippen LogP contribution < -0.4 is 15.4 Å². The number of hydrogen-bond acceptors (Lipinski definition) is 5. The van der Waals surface area contributed by atoms with E-state index in [-0.39, 0.29) is 24.2 Å². The van der Waals surface area contributed by atoms with Crippen LogP contribution in [0, 0.1) is 5.92 Å². The second-order valence-electron chi connectivity index (χ2n) is 6.08. The third-order valence-corrected chi connectivity index (χ3v) is 5.21. The van der Waals surface area contributed by atoms with E-state index in [0.717, 1.165) is 47.6 Å². The van der Waals surface area contributed by atoms with Gasteiger partial charge < -0.3 is 15.4 Å². The molecule has 0 bridgehead atoms. The summed E-state index contributed by atoms with van der Waals surface area (Å²) >= 11 is 1.48. The molecule has 0 spiro atoms. The molecule has 136 valence electrons. The molecule has 2 N–H and O–H groups in total. The van der Waals surface area contributed by atoms with E-state index in [1.54, 1.807) is 0 Å². The van der Waals surface area contributed by atoms with Gasteiger partial charge in [0.1, 0.15) is 11.5 Å². The Labute approximate surface area is 162 Å². The maximum Gasteiger partial charge on any atom is 0.229 e. The lowest BCUT2D eigenvalue weighted by atomic mass is 9.97. The molecule has 2 aromatic carbocycles. The number of halogens is 1. The fourth-order valence-electron chi connectivity index (χ4n) is 2.94. The molecule has 0 saturated carbocycles. The van der Waals surface area contributed by atoms with Crippen molar-refractivity contribution in [3.05, 3.63) is 48.5 Å².